The number of halogens is 2. The van der Waals surface area contributed by atoms with E-state index >= 15 is 0 Å². The third kappa shape index (κ3) is 4.47. The van der Waals surface area contributed by atoms with Crippen LogP contribution in [-0.4, -0.2) is 23.1 Å². The Morgan fingerprint density at radius 3 is 2.78 bits per heavy atom. The molecule has 1 aromatic rings. The monoisotopic (exact) mass is 366 g/mol. The molecule has 1 aromatic carbocycles. The number of nitrogens with one attached hydrogen (secondary N) is 2. The number of amides is 2. The van der Waals surface area contributed by atoms with Crippen molar-refractivity contribution in [2.75, 3.05) is 5.32 Å². The van der Waals surface area contributed by atoms with E-state index in [1.165, 1.54) is 12.1 Å². The maximum atomic E-state index is 13.2. The van der Waals surface area contributed by atoms with Crippen molar-refractivity contribution in [3.63, 3.8) is 0 Å². The molecule has 0 fully saturated rings. The number of benzene rings is 1. The van der Waals surface area contributed by atoms with Crippen LogP contribution in [-0.2, 0) is 4.79 Å². The second-order valence-electron chi connectivity index (χ2n) is 3.70. The van der Waals surface area contributed by atoms with Crippen LogP contribution in [0.3, 0.4) is 0 Å². The van der Waals surface area contributed by atoms with Gasteiger partial charge >= 0.3 is 12.0 Å². The van der Waals surface area contributed by atoms with Crippen LogP contribution in [0.25, 0.3) is 0 Å². The Balaban J connectivity index is 2.59. The molecule has 0 aliphatic heterocycles. The van der Waals surface area contributed by atoms with Crippen LogP contribution in [0, 0.1) is 9.39 Å². The van der Waals surface area contributed by atoms with Crippen molar-refractivity contribution in [1.29, 1.82) is 0 Å². The van der Waals surface area contributed by atoms with Gasteiger partial charge in [-0.2, -0.15) is 0 Å². The maximum absolute atomic E-state index is 13.2. The van der Waals surface area contributed by atoms with Gasteiger partial charge in [0, 0.05) is 6.04 Å². The van der Waals surface area contributed by atoms with Crippen LogP contribution in [0.5, 0.6) is 0 Å². The fourth-order valence-corrected chi connectivity index (χ4v) is 1.79. The number of carboxylic acids is 1. The Morgan fingerprint density at radius 2 is 2.17 bits per heavy atom. The molecule has 0 radical (unpaired) electrons. The van der Waals surface area contributed by atoms with E-state index in [4.69, 9.17) is 5.11 Å². The lowest BCUT2D eigenvalue weighted by atomic mass is 10.2. The first-order valence-corrected chi connectivity index (χ1v) is 6.21. The number of carbonyl (C=O) groups excluding carboxylic acids is 1. The standard InChI is InChI=1S/C11H12FIN2O3/c1-6(5-9(16)17)14-11(18)15-8-4-2-3-7(12)10(8)13/h2-4,6H,5H2,1H3,(H,16,17)(H2,14,15,18). The van der Waals surface area contributed by atoms with E-state index in [1.807, 2.05) is 0 Å². The predicted molar refractivity (Wildman–Crippen MR) is 73.0 cm³/mol. The third-order valence-electron chi connectivity index (χ3n) is 2.06. The van der Waals surface area contributed by atoms with Crippen molar-refractivity contribution in [2.24, 2.45) is 0 Å². The van der Waals surface area contributed by atoms with Gasteiger partial charge in [-0.25, -0.2) is 9.18 Å². The molecule has 1 atom stereocenters. The molecule has 0 heterocycles. The zero-order valence-electron chi connectivity index (χ0n) is 9.54. The van der Waals surface area contributed by atoms with Crippen LogP contribution >= 0.6 is 22.6 Å². The minimum atomic E-state index is -0.997. The zero-order valence-corrected chi connectivity index (χ0v) is 11.7. The quantitative estimate of drug-likeness (QED) is 0.717. The van der Waals surface area contributed by atoms with E-state index in [0.29, 0.717) is 9.26 Å². The molecule has 0 aromatic heterocycles. The molecule has 1 rings (SSSR count). The molecule has 0 spiro atoms. The largest absolute Gasteiger partial charge is 0.481 e. The molecule has 0 saturated carbocycles. The van der Waals surface area contributed by atoms with Crippen molar-refractivity contribution >= 4 is 40.3 Å². The highest BCUT2D eigenvalue weighted by molar-refractivity contribution is 14.1. The highest BCUT2D eigenvalue weighted by Gasteiger charge is 2.12. The molecule has 0 bridgehead atoms. The number of anilines is 1. The first-order chi connectivity index (χ1) is 8.40. The van der Waals surface area contributed by atoms with Gasteiger partial charge in [0.25, 0.3) is 0 Å². The first-order valence-electron chi connectivity index (χ1n) is 5.13. The fraction of sp³-hybridized carbons (Fsp3) is 0.273. The lowest BCUT2D eigenvalue weighted by molar-refractivity contribution is -0.137. The summed E-state index contributed by atoms with van der Waals surface area (Å²) < 4.78 is 13.5. The summed E-state index contributed by atoms with van der Waals surface area (Å²) in [6.45, 7) is 1.57. The topological polar surface area (TPSA) is 78.4 Å². The minimum absolute atomic E-state index is 0.173. The maximum Gasteiger partial charge on any atom is 0.319 e. The van der Waals surface area contributed by atoms with Gasteiger partial charge in [0.15, 0.2) is 0 Å². The summed E-state index contributed by atoms with van der Waals surface area (Å²) in [5.41, 5.74) is 0.343. The molecule has 0 aliphatic rings. The van der Waals surface area contributed by atoms with Gasteiger partial charge < -0.3 is 15.7 Å². The lowest BCUT2D eigenvalue weighted by Crippen LogP contribution is -2.37. The van der Waals surface area contributed by atoms with Crippen molar-refractivity contribution < 1.29 is 19.1 Å². The number of hydrogen-bond acceptors (Lipinski definition) is 2. The number of carbonyl (C=O) groups is 2. The predicted octanol–water partition coefficient (Wildman–Crippen LogP) is 2.42. The summed E-state index contributed by atoms with van der Waals surface area (Å²) in [5, 5.41) is 13.5. The Hall–Kier alpha value is -1.38. The molecule has 5 nitrogen and oxygen atoms in total. The molecule has 3 N–H and O–H groups in total. The normalized spacial score (nSPS) is 11.7. The van der Waals surface area contributed by atoms with Gasteiger partial charge in [0.05, 0.1) is 15.7 Å². The summed E-state index contributed by atoms with van der Waals surface area (Å²) in [6, 6.07) is 3.26. The summed E-state index contributed by atoms with van der Waals surface area (Å²) in [5.74, 6) is -1.42. The van der Waals surface area contributed by atoms with Crippen molar-refractivity contribution in [2.45, 2.75) is 19.4 Å². The molecular formula is C11H12FIN2O3. The van der Waals surface area contributed by atoms with Crippen LogP contribution in [0.15, 0.2) is 18.2 Å². The van der Waals surface area contributed by atoms with Crippen LogP contribution in [0.2, 0.25) is 0 Å². The number of aliphatic carboxylic acids is 1. The summed E-state index contributed by atoms with van der Waals surface area (Å²) in [7, 11) is 0. The van der Waals surface area contributed by atoms with E-state index in [-0.39, 0.29) is 6.42 Å². The van der Waals surface area contributed by atoms with Gasteiger partial charge in [-0.1, -0.05) is 6.07 Å². The number of urea groups is 1. The molecular weight excluding hydrogens is 354 g/mol. The van der Waals surface area contributed by atoms with E-state index in [1.54, 1.807) is 35.6 Å². The van der Waals surface area contributed by atoms with Gasteiger partial charge in [0.2, 0.25) is 0 Å². The summed E-state index contributed by atoms with van der Waals surface area (Å²) >= 11 is 1.78. The lowest BCUT2D eigenvalue weighted by Gasteiger charge is -2.13. The molecule has 0 saturated heterocycles. The van der Waals surface area contributed by atoms with E-state index in [9.17, 15) is 14.0 Å². The van der Waals surface area contributed by atoms with E-state index in [0.717, 1.165) is 0 Å². The van der Waals surface area contributed by atoms with Crippen LogP contribution < -0.4 is 10.6 Å². The minimum Gasteiger partial charge on any atom is -0.481 e. The second-order valence-corrected chi connectivity index (χ2v) is 4.78. The van der Waals surface area contributed by atoms with Crippen LogP contribution in [0.4, 0.5) is 14.9 Å². The van der Waals surface area contributed by atoms with Crippen molar-refractivity contribution in [3.8, 4) is 0 Å². The number of hydrogen-bond donors (Lipinski definition) is 3. The molecule has 7 heteroatoms. The SMILES string of the molecule is CC(CC(=O)O)NC(=O)Nc1cccc(F)c1I. The van der Waals surface area contributed by atoms with E-state index < -0.39 is 23.9 Å². The third-order valence-corrected chi connectivity index (χ3v) is 3.15. The van der Waals surface area contributed by atoms with Gasteiger partial charge in [-0.3, -0.25) is 4.79 Å². The van der Waals surface area contributed by atoms with Crippen molar-refractivity contribution in [3.05, 3.63) is 27.6 Å². The average Bonchev–Trinajstić information content (AvgIpc) is 2.23. The van der Waals surface area contributed by atoms with Gasteiger partial charge in [-0.05, 0) is 41.6 Å². The molecule has 1 unspecified atom stereocenters. The van der Waals surface area contributed by atoms with Crippen LogP contribution in [0.1, 0.15) is 13.3 Å². The van der Waals surface area contributed by atoms with E-state index in [2.05, 4.69) is 10.6 Å². The number of carboxylic acid groups (broad SMARTS) is 1. The Labute approximate surface area is 117 Å². The van der Waals surface area contributed by atoms with Gasteiger partial charge in [-0.15, -0.1) is 0 Å². The number of rotatable bonds is 4. The molecule has 0 aliphatic carbocycles. The highest BCUT2D eigenvalue weighted by Crippen LogP contribution is 2.20. The summed E-state index contributed by atoms with van der Waals surface area (Å²) in [6.07, 6.45) is -0.173. The fourth-order valence-electron chi connectivity index (χ4n) is 1.30. The Bertz CT molecular complexity index is 468. The van der Waals surface area contributed by atoms with Crippen molar-refractivity contribution in [1.82, 2.24) is 5.32 Å². The molecule has 98 valence electrons. The average molecular weight is 366 g/mol. The summed E-state index contributed by atoms with van der Waals surface area (Å²) in [4.78, 5) is 22.0. The first kappa shape index (κ1) is 14.7. The molecule has 18 heavy (non-hydrogen) atoms. The Kier molecular flexibility index (Phi) is 5.32. The smallest absolute Gasteiger partial charge is 0.319 e. The molecule has 2 amide bonds. The Morgan fingerprint density at radius 1 is 1.50 bits per heavy atom. The second kappa shape index (κ2) is 6.53. The van der Waals surface area contributed by atoms with Gasteiger partial charge in [0.1, 0.15) is 5.82 Å². The zero-order chi connectivity index (χ0) is 13.7. The highest BCUT2D eigenvalue weighted by atomic mass is 127.